The van der Waals surface area contributed by atoms with Crippen molar-refractivity contribution in [2.45, 2.75) is 19.8 Å². The van der Waals surface area contributed by atoms with E-state index >= 15 is 0 Å². The number of hydrogen-bond donors (Lipinski definition) is 1. The van der Waals surface area contributed by atoms with Gasteiger partial charge in [-0.2, -0.15) is 0 Å². The van der Waals surface area contributed by atoms with Crippen LogP contribution >= 0.6 is 0 Å². The monoisotopic (exact) mass is 336 g/mol. The van der Waals surface area contributed by atoms with E-state index in [0.717, 1.165) is 24.1 Å². The van der Waals surface area contributed by atoms with Crippen LogP contribution in [-0.4, -0.2) is 24.0 Å². The minimum atomic E-state index is -0.0885. The quantitative estimate of drug-likeness (QED) is 0.795. The van der Waals surface area contributed by atoms with E-state index in [-0.39, 0.29) is 5.91 Å². The lowest BCUT2D eigenvalue weighted by Crippen LogP contribution is -2.30. The molecule has 1 aliphatic rings. The third-order valence-corrected chi connectivity index (χ3v) is 4.57. The number of para-hydroxylation sites is 1. The highest BCUT2D eigenvalue weighted by Crippen LogP contribution is 2.26. The first-order chi connectivity index (χ1) is 12.2. The first-order valence-electron chi connectivity index (χ1n) is 8.55. The Labute approximate surface area is 146 Å². The van der Waals surface area contributed by atoms with Crippen molar-refractivity contribution in [1.29, 1.82) is 0 Å². The van der Waals surface area contributed by atoms with Gasteiger partial charge in [0.15, 0.2) is 11.5 Å². The van der Waals surface area contributed by atoms with E-state index in [1.165, 1.54) is 5.56 Å². The van der Waals surface area contributed by atoms with E-state index in [9.17, 15) is 4.79 Å². The zero-order valence-electron chi connectivity index (χ0n) is 14.1. The van der Waals surface area contributed by atoms with Gasteiger partial charge in [0.2, 0.25) is 0 Å². The number of nitrogens with zero attached hydrogens (tertiary/aromatic N) is 1. The predicted octanol–water partition coefficient (Wildman–Crippen LogP) is 3.51. The van der Waals surface area contributed by atoms with Crippen molar-refractivity contribution in [3.8, 4) is 5.75 Å². The molecule has 0 radical (unpaired) electrons. The van der Waals surface area contributed by atoms with Crippen molar-refractivity contribution in [1.82, 2.24) is 10.3 Å². The molecule has 0 fully saturated rings. The van der Waals surface area contributed by atoms with Crippen LogP contribution in [0.25, 0.3) is 11.1 Å². The largest absolute Gasteiger partial charge is 0.493 e. The number of carbonyl (C=O) groups excluding carboxylic acids is 1. The Morgan fingerprint density at radius 2 is 2.16 bits per heavy atom. The molecule has 1 aliphatic heterocycles. The molecule has 0 unspecified atom stereocenters. The molecule has 128 valence electrons. The van der Waals surface area contributed by atoms with Gasteiger partial charge >= 0.3 is 0 Å². The van der Waals surface area contributed by atoms with Crippen LogP contribution in [0.2, 0.25) is 0 Å². The summed E-state index contributed by atoms with van der Waals surface area (Å²) in [4.78, 5) is 16.7. The van der Waals surface area contributed by atoms with Gasteiger partial charge in [-0.3, -0.25) is 4.79 Å². The SMILES string of the molecule is Cc1nc2ccc(C(=O)NC[C@H]3CCOc4ccccc4C3)cc2o1. The van der Waals surface area contributed by atoms with Crippen LogP contribution in [0.5, 0.6) is 5.75 Å². The summed E-state index contributed by atoms with van der Waals surface area (Å²) < 4.78 is 11.3. The molecule has 2 aromatic carbocycles. The average Bonchev–Trinajstić information content (AvgIpc) is 2.86. The summed E-state index contributed by atoms with van der Waals surface area (Å²) in [5.74, 6) is 1.84. The summed E-state index contributed by atoms with van der Waals surface area (Å²) in [6.45, 7) is 3.11. The summed E-state index contributed by atoms with van der Waals surface area (Å²) in [6, 6.07) is 13.5. The number of aryl methyl sites for hydroxylation is 1. The molecule has 1 N–H and O–H groups in total. The van der Waals surface area contributed by atoms with Crippen LogP contribution in [0, 0.1) is 12.8 Å². The Morgan fingerprint density at radius 1 is 1.28 bits per heavy atom. The second-order valence-corrected chi connectivity index (χ2v) is 6.44. The van der Waals surface area contributed by atoms with Crippen molar-refractivity contribution in [3.63, 3.8) is 0 Å². The number of benzene rings is 2. The van der Waals surface area contributed by atoms with Gasteiger partial charge in [-0.15, -0.1) is 0 Å². The standard InChI is InChI=1S/C20H20N2O3/c1-13-22-17-7-6-16(11-19(17)25-13)20(23)21-12-14-8-9-24-18-5-3-2-4-15(18)10-14/h2-7,11,14H,8-10,12H2,1H3,(H,21,23)/t14-/m0/s1. The Balaban J connectivity index is 1.42. The fraction of sp³-hybridized carbons (Fsp3) is 0.300. The van der Waals surface area contributed by atoms with Gasteiger partial charge < -0.3 is 14.5 Å². The minimum Gasteiger partial charge on any atom is -0.493 e. The molecule has 1 amide bonds. The van der Waals surface area contributed by atoms with Crippen molar-refractivity contribution < 1.29 is 13.9 Å². The number of fused-ring (bicyclic) bond motifs is 2. The number of ether oxygens (including phenoxy) is 1. The number of hydrogen-bond acceptors (Lipinski definition) is 4. The fourth-order valence-electron chi connectivity index (χ4n) is 3.26. The second-order valence-electron chi connectivity index (χ2n) is 6.44. The van der Waals surface area contributed by atoms with E-state index in [4.69, 9.17) is 9.15 Å². The van der Waals surface area contributed by atoms with Crippen LogP contribution < -0.4 is 10.1 Å². The lowest BCUT2D eigenvalue weighted by atomic mass is 9.97. The van der Waals surface area contributed by atoms with Crippen LogP contribution in [0.3, 0.4) is 0 Å². The van der Waals surface area contributed by atoms with Gasteiger partial charge in [0.25, 0.3) is 5.91 Å². The van der Waals surface area contributed by atoms with Gasteiger partial charge in [-0.05, 0) is 48.6 Å². The first kappa shape index (κ1) is 15.7. The van der Waals surface area contributed by atoms with Gasteiger partial charge in [0.05, 0.1) is 6.61 Å². The van der Waals surface area contributed by atoms with Crippen LogP contribution in [0.4, 0.5) is 0 Å². The van der Waals surface area contributed by atoms with E-state index < -0.39 is 0 Å². The highest BCUT2D eigenvalue weighted by atomic mass is 16.5. The van der Waals surface area contributed by atoms with Gasteiger partial charge in [0, 0.05) is 19.0 Å². The molecule has 25 heavy (non-hydrogen) atoms. The molecular weight excluding hydrogens is 316 g/mol. The third kappa shape index (κ3) is 3.36. The fourth-order valence-corrected chi connectivity index (χ4v) is 3.26. The second kappa shape index (κ2) is 6.59. The van der Waals surface area contributed by atoms with Crippen molar-refractivity contribution in [2.24, 2.45) is 5.92 Å². The van der Waals surface area contributed by atoms with E-state index in [0.29, 0.717) is 36.1 Å². The average molecular weight is 336 g/mol. The molecule has 5 nitrogen and oxygen atoms in total. The van der Waals surface area contributed by atoms with Crippen molar-refractivity contribution in [2.75, 3.05) is 13.2 Å². The molecule has 4 rings (SSSR count). The number of nitrogens with one attached hydrogen (secondary N) is 1. The van der Waals surface area contributed by atoms with Crippen LogP contribution in [0.1, 0.15) is 28.2 Å². The molecule has 0 spiro atoms. The lowest BCUT2D eigenvalue weighted by Gasteiger charge is -2.14. The number of aromatic nitrogens is 1. The van der Waals surface area contributed by atoms with Crippen molar-refractivity contribution in [3.05, 3.63) is 59.5 Å². The highest BCUT2D eigenvalue weighted by Gasteiger charge is 2.18. The maximum atomic E-state index is 12.5. The Kier molecular flexibility index (Phi) is 4.14. The number of carbonyl (C=O) groups is 1. The zero-order chi connectivity index (χ0) is 17.2. The predicted molar refractivity (Wildman–Crippen MR) is 94.8 cm³/mol. The highest BCUT2D eigenvalue weighted by molar-refractivity contribution is 5.97. The van der Waals surface area contributed by atoms with E-state index in [1.807, 2.05) is 24.3 Å². The molecule has 1 atom stereocenters. The summed E-state index contributed by atoms with van der Waals surface area (Å²) in [7, 11) is 0. The van der Waals surface area contributed by atoms with Gasteiger partial charge in [-0.25, -0.2) is 4.98 Å². The maximum Gasteiger partial charge on any atom is 0.251 e. The van der Waals surface area contributed by atoms with Crippen molar-refractivity contribution >= 4 is 17.0 Å². The summed E-state index contributed by atoms with van der Waals surface area (Å²) in [5.41, 5.74) is 3.21. The van der Waals surface area contributed by atoms with E-state index in [1.54, 1.807) is 19.1 Å². The van der Waals surface area contributed by atoms with Gasteiger partial charge in [0.1, 0.15) is 11.3 Å². The zero-order valence-corrected chi connectivity index (χ0v) is 14.1. The van der Waals surface area contributed by atoms with Crippen LogP contribution in [0.15, 0.2) is 46.9 Å². The Morgan fingerprint density at radius 3 is 3.08 bits per heavy atom. The molecule has 2 heterocycles. The summed E-state index contributed by atoms with van der Waals surface area (Å²) >= 11 is 0. The Bertz CT molecular complexity index is 916. The molecule has 3 aromatic rings. The number of oxazole rings is 1. The summed E-state index contributed by atoms with van der Waals surface area (Å²) in [5, 5.41) is 3.04. The topological polar surface area (TPSA) is 64.4 Å². The number of amides is 1. The lowest BCUT2D eigenvalue weighted by molar-refractivity contribution is 0.0945. The molecule has 0 saturated carbocycles. The molecule has 1 aromatic heterocycles. The number of rotatable bonds is 3. The normalized spacial score (nSPS) is 16.8. The third-order valence-electron chi connectivity index (χ3n) is 4.57. The minimum absolute atomic E-state index is 0.0885. The molecule has 0 bridgehead atoms. The maximum absolute atomic E-state index is 12.5. The van der Waals surface area contributed by atoms with Gasteiger partial charge in [-0.1, -0.05) is 18.2 Å². The smallest absolute Gasteiger partial charge is 0.251 e. The van der Waals surface area contributed by atoms with Crippen LogP contribution in [-0.2, 0) is 6.42 Å². The molecule has 0 aliphatic carbocycles. The summed E-state index contributed by atoms with van der Waals surface area (Å²) in [6.07, 6.45) is 1.84. The first-order valence-corrected chi connectivity index (χ1v) is 8.55. The van der Waals surface area contributed by atoms with E-state index in [2.05, 4.69) is 16.4 Å². The molecule has 0 saturated heterocycles. The molecule has 5 heteroatoms. The molecular formula is C20H20N2O3. The Hall–Kier alpha value is -2.82.